The zero-order valence-corrected chi connectivity index (χ0v) is 12.3. The molecule has 108 valence electrons. The van der Waals surface area contributed by atoms with Gasteiger partial charge in [-0.25, -0.2) is 0 Å². The number of aromatic hydroxyl groups is 1. The molecule has 3 aromatic rings. The molecule has 22 heavy (non-hydrogen) atoms. The number of aryl methyl sites for hydroxylation is 1. The van der Waals surface area contributed by atoms with Crippen molar-refractivity contribution in [3.63, 3.8) is 0 Å². The van der Waals surface area contributed by atoms with Crippen molar-refractivity contribution >= 4 is 6.29 Å². The molecule has 3 aromatic carbocycles. The van der Waals surface area contributed by atoms with Crippen LogP contribution in [0.15, 0.2) is 66.7 Å². The van der Waals surface area contributed by atoms with Gasteiger partial charge in [-0.1, -0.05) is 42.0 Å². The number of carbonyl (C=O) groups excluding carboxylic acids is 1. The topological polar surface area (TPSA) is 37.3 Å². The number of phenols is 1. The summed E-state index contributed by atoms with van der Waals surface area (Å²) in [5.74, 6) is 0.231. The largest absolute Gasteiger partial charge is 0.508 e. The smallest absolute Gasteiger partial charge is 0.150 e. The van der Waals surface area contributed by atoms with E-state index in [2.05, 4.69) is 30.3 Å². The van der Waals surface area contributed by atoms with E-state index in [1.807, 2.05) is 31.2 Å². The number of rotatable bonds is 3. The zero-order valence-electron chi connectivity index (χ0n) is 12.3. The lowest BCUT2D eigenvalue weighted by Gasteiger charge is -2.08. The average molecular weight is 288 g/mol. The van der Waals surface area contributed by atoms with E-state index in [1.54, 1.807) is 12.1 Å². The first-order chi connectivity index (χ1) is 10.7. The zero-order chi connectivity index (χ0) is 15.5. The van der Waals surface area contributed by atoms with Gasteiger partial charge in [0.15, 0.2) is 0 Å². The first kappa shape index (κ1) is 14.1. The standard InChI is InChI=1S/C20H16O2/c1-14-2-4-16(5-3-14)18-10-15(13-21)11-19(12-18)17-6-8-20(22)9-7-17/h2-13,22H,1H3. The molecule has 0 heterocycles. The van der Waals surface area contributed by atoms with Gasteiger partial charge in [-0.15, -0.1) is 0 Å². The summed E-state index contributed by atoms with van der Waals surface area (Å²) in [4.78, 5) is 11.2. The van der Waals surface area contributed by atoms with Crippen molar-refractivity contribution in [3.8, 4) is 28.0 Å². The number of benzene rings is 3. The molecule has 0 aliphatic rings. The summed E-state index contributed by atoms with van der Waals surface area (Å²) in [7, 11) is 0. The van der Waals surface area contributed by atoms with Crippen LogP contribution in [0.4, 0.5) is 0 Å². The summed E-state index contributed by atoms with van der Waals surface area (Å²) in [6.07, 6.45) is 0.863. The molecule has 0 amide bonds. The van der Waals surface area contributed by atoms with E-state index < -0.39 is 0 Å². The maximum Gasteiger partial charge on any atom is 0.150 e. The molecule has 0 unspecified atom stereocenters. The minimum atomic E-state index is 0.231. The second-order valence-corrected chi connectivity index (χ2v) is 5.37. The fraction of sp³-hybridized carbons (Fsp3) is 0.0500. The van der Waals surface area contributed by atoms with Gasteiger partial charge < -0.3 is 5.11 Å². The second kappa shape index (κ2) is 5.86. The van der Waals surface area contributed by atoms with Gasteiger partial charge in [-0.05, 0) is 59.5 Å². The van der Waals surface area contributed by atoms with Crippen LogP contribution in [0.25, 0.3) is 22.3 Å². The lowest BCUT2D eigenvalue weighted by atomic mass is 9.96. The quantitative estimate of drug-likeness (QED) is 0.700. The highest BCUT2D eigenvalue weighted by molar-refractivity contribution is 5.84. The number of aldehydes is 1. The third-order valence-corrected chi connectivity index (χ3v) is 3.68. The predicted molar refractivity (Wildman–Crippen MR) is 89.1 cm³/mol. The Morgan fingerprint density at radius 3 is 1.73 bits per heavy atom. The lowest BCUT2D eigenvalue weighted by Crippen LogP contribution is -1.87. The molecule has 2 nitrogen and oxygen atoms in total. The van der Waals surface area contributed by atoms with Gasteiger partial charge in [-0.2, -0.15) is 0 Å². The molecule has 1 N–H and O–H groups in total. The highest BCUT2D eigenvalue weighted by atomic mass is 16.3. The Labute approximate surface area is 129 Å². The molecule has 0 fully saturated rings. The lowest BCUT2D eigenvalue weighted by molar-refractivity contribution is 0.112. The van der Waals surface area contributed by atoms with E-state index in [-0.39, 0.29) is 5.75 Å². The Morgan fingerprint density at radius 2 is 1.23 bits per heavy atom. The number of hydrogen-bond acceptors (Lipinski definition) is 2. The summed E-state index contributed by atoms with van der Waals surface area (Å²) in [5.41, 5.74) is 5.85. The third kappa shape index (κ3) is 2.91. The molecule has 0 aromatic heterocycles. The van der Waals surface area contributed by atoms with Gasteiger partial charge in [0.2, 0.25) is 0 Å². The fourth-order valence-electron chi connectivity index (χ4n) is 2.45. The highest BCUT2D eigenvalue weighted by Crippen LogP contribution is 2.29. The van der Waals surface area contributed by atoms with Crippen LogP contribution in [0.3, 0.4) is 0 Å². The van der Waals surface area contributed by atoms with Crippen molar-refractivity contribution in [2.24, 2.45) is 0 Å². The molecule has 2 heteroatoms. The summed E-state index contributed by atoms with van der Waals surface area (Å²) in [6.45, 7) is 2.05. The molecular formula is C20H16O2. The van der Waals surface area contributed by atoms with Crippen LogP contribution in [0, 0.1) is 6.92 Å². The SMILES string of the molecule is Cc1ccc(-c2cc(C=O)cc(-c3ccc(O)cc3)c2)cc1. The van der Waals surface area contributed by atoms with Gasteiger partial charge in [0.1, 0.15) is 12.0 Å². The van der Waals surface area contributed by atoms with E-state index in [0.29, 0.717) is 5.56 Å². The Hall–Kier alpha value is -2.87. The van der Waals surface area contributed by atoms with Gasteiger partial charge in [0.05, 0.1) is 0 Å². The van der Waals surface area contributed by atoms with Crippen molar-refractivity contribution in [1.29, 1.82) is 0 Å². The van der Waals surface area contributed by atoms with Gasteiger partial charge in [0.25, 0.3) is 0 Å². The van der Waals surface area contributed by atoms with E-state index in [0.717, 1.165) is 28.5 Å². The van der Waals surface area contributed by atoms with Crippen LogP contribution in [-0.2, 0) is 0 Å². The highest BCUT2D eigenvalue weighted by Gasteiger charge is 2.05. The molecule has 0 radical (unpaired) electrons. The minimum Gasteiger partial charge on any atom is -0.508 e. The Balaban J connectivity index is 2.12. The van der Waals surface area contributed by atoms with Crippen LogP contribution in [0.2, 0.25) is 0 Å². The maximum atomic E-state index is 11.2. The van der Waals surface area contributed by atoms with Gasteiger partial charge in [0, 0.05) is 5.56 Å². The van der Waals surface area contributed by atoms with Crippen LogP contribution in [0.5, 0.6) is 5.75 Å². The maximum absolute atomic E-state index is 11.2. The minimum absolute atomic E-state index is 0.231. The van der Waals surface area contributed by atoms with Crippen LogP contribution >= 0.6 is 0 Å². The number of hydrogen-bond donors (Lipinski definition) is 1. The molecule has 0 aliphatic heterocycles. The van der Waals surface area contributed by atoms with E-state index in [9.17, 15) is 9.90 Å². The van der Waals surface area contributed by atoms with Gasteiger partial charge >= 0.3 is 0 Å². The van der Waals surface area contributed by atoms with Gasteiger partial charge in [-0.3, -0.25) is 4.79 Å². The first-order valence-electron chi connectivity index (χ1n) is 7.12. The molecule has 0 saturated heterocycles. The van der Waals surface area contributed by atoms with Crippen molar-refractivity contribution < 1.29 is 9.90 Å². The summed E-state index contributed by atoms with van der Waals surface area (Å²) in [5, 5.41) is 9.41. The Bertz CT molecular complexity index is 736. The summed E-state index contributed by atoms with van der Waals surface area (Å²) >= 11 is 0. The second-order valence-electron chi connectivity index (χ2n) is 5.37. The van der Waals surface area contributed by atoms with Crippen molar-refractivity contribution in [1.82, 2.24) is 0 Å². The summed E-state index contributed by atoms with van der Waals surface area (Å²) < 4.78 is 0. The molecular weight excluding hydrogens is 272 g/mol. The molecule has 3 rings (SSSR count). The van der Waals surface area contributed by atoms with Crippen LogP contribution in [0.1, 0.15) is 15.9 Å². The Morgan fingerprint density at radius 1 is 0.727 bits per heavy atom. The van der Waals surface area contributed by atoms with E-state index >= 15 is 0 Å². The van der Waals surface area contributed by atoms with Crippen LogP contribution in [-0.4, -0.2) is 11.4 Å². The average Bonchev–Trinajstić information content (AvgIpc) is 2.55. The molecule has 0 bridgehead atoms. The monoisotopic (exact) mass is 288 g/mol. The number of phenolic OH excluding ortho intramolecular Hbond substituents is 1. The van der Waals surface area contributed by atoms with Crippen molar-refractivity contribution in [2.75, 3.05) is 0 Å². The first-order valence-corrected chi connectivity index (χ1v) is 7.12. The molecule has 0 aliphatic carbocycles. The normalized spacial score (nSPS) is 10.4. The molecule has 0 saturated carbocycles. The van der Waals surface area contributed by atoms with Crippen molar-refractivity contribution in [3.05, 3.63) is 77.9 Å². The summed E-state index contributed by atoms with van der Waals surface area (Å²) in [6, 6.07) is 21.0. The Kier molecular flexibility index (Phi) is 3.75. The van der Waals surface area contributed by atoms with E-state index in [1.165, 1.54) is 5.56 Å². The van der Waals surface area contributed by atoms with Crippen molar-refractivity contribution in [2.45, 2.75) is 6.92 Å². The number of carbonyl (C=O) groups is 1. The van der Waals surface area contributed by atoms with Crippen LogP contribution < -0.4 is 0 Å². The fourth-order valence-corrected chi connectivity index (χ4v) is 2.45. The molecule has 0 atom stereocenters. The molecule has 0 spiro atoms. The third-order valence-electron chi connectivity index (χ3n) is 3.68. The predicted octanol–water partition coefficient (Wildman–Crippen LogP) is 4.85. The van der Waals surface area contributed by atoms with E-state index in [4.69, 9.17) is 0 Å².